The van der Waals surface area contributed by atoms with Crippen LogP contribution in [0.5, 0.6) is 5.75 Å². The van der Waals surface area contributed by atoms with E-state index in [0.717, 1.165) is 0 Å². The summed E-state index contributed by atoms with van der Waals surface area (Å²) in [6, 6.07) is 12.2. The second kappa shape index (κ2) is 8.36. The molecule has 0 aliphatic rings. The standard InChI is InChI=1S/C18H11Br2N3O5/c19-10-2-5-16(24)14(7-10)18(25)22-21-9-12-3-6-17(28-12)13-4-1-11(20)8-15(13)23(26)27/h1-9,24H,(H,22,25)/b21-9-. The summed E-state index contributed by atoms with van der Waals surface area (Å²) in [4.78, 5) is 22.8. The molecule has 8 nitrogen and oxygen atoms in total. The Morgan fingerprint density at radius 2 is 1.86 bits per heavy atom. The molecular weight excluding hydrogens is 498 g/mol. The Kier molecular flexibility index (Phi) is 5.90. The number of rotatable bonds is 5. The van der Waals surface area contributed by atoms with Crippen LogP contribution in [0.25, 0.3) is 11.3 Å². The molecular formula is C18H11Br2N3O5. The number of nitrogens with zero attached hydrogens (tertiary/aromatic N) is 2. The third-order valence-corrected chi connectivity index (χ3v) is 4.60. The van der Waals surface area contributed by atoms with E-state index < -0.39 is 10.8 Å². The van der Waals surface area contributed by atoms with Crippen molar-refractivity contribution in [3.63, 3.8) is 0 Å². The summed E-state index contributed by atoms with van der Waals surface area (Å²) in [5.41, 5.74) is 2.54. The van der Waals surface area contributed by atoms with Crippen molar-refractivity contribution in [1.82, 2.24) is 5.43 Å². The number of carbonyl (C=O) groups excluding carboxylic acids is 1. The Bertz CT molecular complexity index is 1090. The number of nitro benzene ring substituents is 1. The molecule has 1 amide bonds. The third-order valence-electron chi connectivity index (χ3n) is 3.61. The molecule has 2 N–H and O–H groups in total. The van der Waals surface area contributed by atoms with Gasteiger partial charge in [-0.25, -0.2) is 5.43 Å². The van der Waals surface area contributed by atoms with E-state index in [0.29, 0.717) is 14.5 Å². The summed E-state index contributed by atoms with van der Waals surface area (Å²) in [7, 11) is 0. The zero-order valence-corrected chi connectivity index (χ0v) is 17.1. The van der Waals surface area contributed by atoms with E-state index in [1.165, 1.54) is 24.4 Å². The smallest absolute Gasteiger partial charge is 0.281 e. The lowest BCUT2D eigenvalue weighted by Crippen LogP contribution is -2.17. The molecule has 2 aromatic carbocycles. The summed E-state index contributed by atoms with van der Waals surface area (Å²) in [6.07, 6.45) is 1.25. The number of hydrogen-bond acceptors (Lipinski definition) is 6. The van der Waals surface area contributed by atoms with Crippen molar-refractivity contribution in [2.45, 2.75) is 0 Å². The van der Waals surface area contributed by atoms with Crippen LogP contribution in [0.2, 0.25) is 0 Å². The molecule has 0 aliphatic carbocycles. The van der Waals surface area contributed by atoms with Crippen LogP contribution in [0.1, 0.15) is 16.1 Å². The van der Waals surface area contributed by atoms with Crippen molar-refractivity contribution in [2.75, 3.05) is 0 Å². The average molecular weight is 509 g/mol. The van der Waals surface area contributed by atoms with Crippen LogP contribution < -0.4 is 5.43 Å². The predicted molar refractivity (Wildman–Crippen MR) is 109 cm³/mol. The average Bonchev–Trinajstić information content (AvgIpc) is 3.12. The maximum Gasteiger partial charge on any atom is 0.281 e. The van der Waals surface area contributed by atoms with Crippen molar-refractivity contribution in [1.29, 1.82) is 0 Å². The van der Waals surface area contributed by atoms with Gasteiger partial charge in [-0.05, 0) is 42.5 Å². The molecule has 0 fully saturated rings. The Hall–Kier alpha value is -2.98. The molecule has 3 aromatic rings. The molecule has 0 spiro atoms. The first kappa shape index (κ1) is 19.8. The monoisotopic (exact) mass is 507 g/mol. The van der Waals surface area contributed by atoms with Crippen molar-refractivity contribution in [2.24, 2.45) is 5.10 Å². The highest BCUT2D eigenvalue weighted by atomic mass is 79.9. The van der Waals surface area contributed by atoms with Gasteiger partial charge in [-0.3, -0.25) is 14.9 Å². The second-order valence-corrected chi connectivity index (χ2v) is 7.31. The largest absolute Gasteiger partial charge is 0.507 e. The van der Waals surface area contributed by atoms with E-state index in [1.807, 2.05) is 0 Å². The minimum Gasteiger partial charge on any atom is -0.507 e. The molecule has 0 atom stereocenters. The number of halogens is 2. The minimum atomic E-state index is -0.606. The maximum atomic E-state index is 12.1. The number of hydrazone groups is 1. The minimum absolute atomic E-state index is 0.0529. The van der Waals surface area contributed by atoms with Gasteiger partial charge in [0, 0.05) is 15.0 Å². The lowest BCUT2D eigenvalue weighted by molar-refractivity contribution is -0.384. The van der Waals surface area contributed by atoms with E-state index in [4.69, 9.17) is 4.42 Å². The number of benzene rings is 2. The Morgan fingerprint density at radius 1 is 1.14 bits per heavy atom. The van der Waals surface area contributed by atoms with Crippen LogP contribution in [0.4, 0.5) is 5.69 Å². The van der Waals surface area contributed by atoms with Gasteiger partial charge in [0.1, 0.15) is 17.3 Å². The van der Waals surface area contributed by atoms with Crippen LogP contribution in [0.15, 0.2) is 67.0 Å². The van der Waals surface area contributed by atoms with Gasteiger partial charge in [0.15, 0.2) is 0 Å². The van der Waals surface area contributed by atoms with Gasteiger partial charge >= 0.3 is 0 Å². The number of nitro groups is 1. The molecule has 0 radical (unpaired) electrons. The topological polar surface area (TPSA) is 118 Å². The van der Waals surface area contributed by atoms with Crippen LogP contribution in [0, 0.1) is 10.1 Å². The quantitative estimate of drug-likeness (QED) is 0.290. The fourth-order valence-electron chi connectivity index (χ4n) is 2.34. The number of nitrogens with one attached hydrogen (secondary N) is 1. The molecule has 28 heavy (non-hydrogen) atoms. The van der Waals surface area contributed by atoms with Crippen LogP contribution in [-0.2, 0) is 0 Å². The Labute approximate surface area is 175 Å². The summed E-state index contributed by atoms with van der Waals surface area (Å²) in [5, 5.41) is 24.7. The highest BCUT2D eigenvalue weighted by Gasteiger charge is 2.18. The van der Waals surface area contributed by atoms with Gasteiger partial charge < -0.3 is 9.52 Å². The fraction of sp³-hybridized carbons (Fsp3) is 0. The van der Waals surface area contributed by atoms with Gasteiger partial charge in [-0.2, -0.15) is 5.10 Å². The molecule has 10 heteroatoms. The molecule has 1 aromatic heterocycles. The number of furan rings is 1. The lowest BCUT2D eigenvalue weighted by Gasteiger charge is -2.03. The van der Waals surface area contributed by atoms with Crippen LogP contribution in [-0.4, -0.2) is 22.2 Å². The van der Waals surface area contributed by atoms with Gasteiger partial charge in [-0.1, -0.05) is 31.9 Å². The number of phenols is 1. The van der Waals surface area contributed by atoms with E-state index in [1.54, 1.807) is 30.3 Å². The van der Waals surface area contributed by atoms with Crippen LogP contribution >= 0.6 is 31.9 Å². The van der Waals surface area contributed by atoms with E-state index >= 15 is 0 Å². The van der Waals surface area contributed by atoms with Crippen LogP contribution in [0.3, 0.4) is 0 Å². The first-order valence-corrected chi connectivity index (χ1v) is 9.30. The predicted octanol–water partition coefficient (Wildman–Crippen LogP) is 4.85. The van der Waals surface area contributed by atoms with E-state index in [-0.39, 0.29) is 28.5 Å². The highest BCUT2D eigenvalue weighted by Crippen LogP contribution is 2.33. The number of amides is 1. The molecule has 1 heterocycles. The summed E-state index contributed by atoms with van der Waals surface area (Å²) in [5.74, 6) is -0.216. The SMILES string of the molecule is O=C(N/N=C\c1ccc(-c2ccc(Br)cc2[N+](=O)[O-])o1)c1cc(Br)ccc1O. The van der Waals surface area contributed by atoms with Crippen molar-refractivity contribution >= 4 is 49.7 Å². The third kappa shape index (κ3) is 4.46. The lowest BCUT2D eigenvalue weighted by atomic mass is 10.1. The number of hydrogen-bond donors (Lipinski definition) is 2. The Morgan fingerprint density at radius 3 is 2.61 bits per heavy atom. The Balaban J connectivity index is 1.76. The van der Waals surface area contributed by atoms with Crippen molar-refractivity contribution in [3.8, 4) is 17.1 Å². The zero-order valence-electron chi connectivity index (χ0n) is 13.9. The first-order valence-electron chi connectivity index (χ1n) is 7.71. The van der Waals surface area contributed by atoms with E-state index in [9.17, 15) is 20.0 Å². The molecule has 0 saturated heterocycles. The van der Waals surface area contributed by atoms with Gasteiger partial charge in [0.05, 0.1) is 22.3 Å². The molecule has 0 bridgehead atoms. The number of carbonyl (C=O) groups is 1. The van der Waals surface area contributed by atoms with Crippen molar-refractivity contribution < 1.29 is 19.2 Å². The highest BCUT2D eigenvalue weighted by molar-refractivity contribution is 9.10. The normalized spacial score (nSPS) is 10.9. The molecule has 142 valence electrons. The first-order chi connectivity index (χ1) is 13.3. The van der Waals surface area contributed by atoms with Gasteiger partial charge in [0.25, 0.3) is 11.6 Å². The van der Waals surface area contributed by atoms with E-state index in [2.05, 4.69) is 42.4 Å². The van der Waals surface area contributed by atoms with Gasteiger partial charge in [-0.15, -0.1) is 0 Å². The molecule has 0 unspecified atom stereocenters. The molecule has 0 aliphatic heterocycles. The maximum absolute atomic E-state index is 12.1. The summed E-state index contributed by atoms with van der Waals surface area (Å²) < 4.78 is 6.76. The molecule has 3 rings (SSSR count). The van der Waals surface area contributed by atoms with Crippen molar-refractivity contribution in [3.05, 3.63) is 78.9 Å². The van der Waals surface area contributed by atoms with Gasteiger partial charge in [0.2, 0.25) is 0 Å². The number of phenolic OH excluding ortho intramolecular Hbond substituents is 1. The summed E-state index contributed by atoms with van der Waals surface area (Å²) >= 11 is 6.42. The second-order valence-electron chi connectivity index (χ2n) is 5.48. The summed E-state index contributed by atoms with van der Waals surface area (Å²) in [6.45, 7) is 0. The molecule has 0 saturated carbocycles. The fourth-order valence-corrected chi connectivity index (χ4v) is 3.05. The zero-order chi connectivity index (χ0) is 20.3. The number of aromatic hydroxyl groups is 1.